The second kappa shape index (κ2) is 10.3. The molecule has 9 nitrogen and oxygen atoms in total. The first-order valence-corrected chi connectivity index (χ1v) is 12.0. The molecule has 2 atom stereocenters. The fourth-order valence-corrected chi connectivity index (χ4v) is 4.80. The molecule has 3 aliphatic rings. The summed E-state index contributed by atoms with van der Waals surface area (Å²) in [6.45, 7) is 11.0. The SMILES string of the molecule is CN(C(=O)OC(C)(C)C)[C@H]1CCN(C(=O)N(C)[C@@H]2CCN(CCC(=O)N3CCCC3)C2)C1. The zero-order valence-electron chi connectivity index (χ0n) is 20.5. The second-order valence-electron chi connectivity index (χ2n) is 10.5. The Morgan fingerprint density at radius 1 is 0.875 bits per heavy atom. The standard InChI is InChI=1S/C23H41N5O4/c1-23(2,3)32-22(31)25(5)19-9-15-28(17-19)21(30)24(4)18-8-13-26(16-18)14-10-20(29)27-11-6-7-12-27/h18-19H,6-17H2,1-5H3/t18-,19+/m1/s1. The molecule has 0 aliphatic carbocycles. The van der Waals surface area contributed by atoms with Crippen LogP contribution in [0, 0.1) is 0 Å². The van der Waals surface area contributed by atoms with Gasteiger partial charge in [0.25, 0.3) is 0 Å². The van der Waals surface area contributed by atoms with Gasteiger partial charge in [-0.25, -0.2) is 9.59 Å². The van der Waals surface area contributed by atoms with Crippen LogP contribution >= 0.6 is 0 Å². The van der Waals surface area contributed by atoms with Crippen LogP contribution in [0.15, 0.2) is 0 Å². The third kappa shape index (κ3) is 6.27. The van der Waals surface area contributed by atoms with E-state index in [-0.39, 0.29) is 30.1 Å². The highest BCUT2D eigenvalue weighted by molar-refractivity contribution is 5.77. The Balaban J connectivity index is 1.42. The lowest BCUT2D eigenvalue weighted by Gasteiger charge is -2.31. The number of likely N-dealkylation sites (N-methyl/N-ethyl adjacent to an activating group) is 2. The van der Waals surface area contributed by atoms with Crippen LogP contribution < -0.4 is 0 Å². The van der Waals surface area contributed by atoms with E-state index in [1.54, 1.807) is 11.9 Å². The molecule has 182 valence electrons. The molecule has 9 heteroatoms. The van der Waals surface area contributed by atoms with Crippen LogP contribution in [0.25, 0.3) is 0 Å². The molecular formula is C23H41N5O4. The van der Waals surface area contributed by atoms with Crippen LogP contribution in [0.4, 0.5) is 9.59 Å². The lowest BCUT2D eigenvalue weighted by molar-refractivity contribution is -0.130. The number of ether oxygens (including phenoxy) is 1. The summed E-state index contributed by atoms with van der Waals surface area (Å²) in [5, 5.41) is 0. The molecule has 32 heavy (non-hydrogen) atoms. The third-order valence-electron chi connectivity index (χ3n) is 6.86. The van der Waals surface area contributed by atoms with Gasteiger partial charge in [0.2, 0.25) is 5.91 Å². The van der Waals surface area contributed by atoms with Crippen molar-refractivity contribution in [1.82, 2.24) is 24.5 Å². The summed E-state index contributed by atoms with van der Waals surface area (Å²) in [6, 6.07) is 0.149. The first-order chi connectivity index (χ1) is 15.0. The fourth-order valence-electron chi connectivity index (χ4n) is 4.80. The van der Waals surface area contributed by atoms with Crippen molar-refractivity contribution in [2.75, 3.05) is 59.9 Å². The molecule has 3 fully saturated rings. The summed E-state index contributed by atoms with van der Waals surface area (Å²) in [5.74, 6) is 0.257. The predicted molar refractivity (Wildman–Crippen MR) is 122 cm³/mol. The average molecular weight is 452 g/mol. The smallest absolute Gasteiger partial charge is 0.410 e. The molecule has 0 aromatic heterocycles. The van der Waals surface area contributed by atoms with Crippen LogP contribution in [-0.4, -0.2) is 120 Å². The van der Waals surface area contributed by atoms with Gasteiger partial charge in [0.15, 0.2) is 0 Å². The molecule has 0 N–H and O–H groups in total. The number of nitrogens with zero attached hydrogens (tertiary/aromatic N) is 5. The number of rotatable bonds is 5. The van der Waals surface area contributed by atoms with E-state index in [0.29, 0.717) is 19.5 Å². The normalized spacial score (nSPS) is 24.2. The van der Waals surface area contributed by atoms with Crippen molar-refractivity contribution in [3.05, 3.63) is 0 Å². The maximum atomic E-state index is 13.1. The Kier molecular flexibility index (Phi) is 7.90. The van der Waals surface area contributed by atoms with Gasteiger partial charge in [-0.2, -0.15) is 0 Å². The van der Waals surface area contributed by atoms with E-state index < -0.39 is 5.60 Å². The van der Waals surface area contributed by atoms with E-state index in [4.69, 9.17) is 4.74 Å². The lowest BCUT2D eigenvalue weighted by atomic mass is 10.2. The van der Waals surface area contributed by atoms with Gasteiger partial charge in [0, 0.05) is 72.4 Å². The van der Waals surface area contributed by atoms with Crippen molar-refractivity contribution in [3.63, 3.8) is 0 Å². The zero-order valence-corrected chi connectivity index (χ0v) is 20.5. The molecule has 0 bridgehead atoms. The minimum atomic E-state index is -0.535. The number of hydrogen-bond donors (Lipinski definition) is 0. The molecule has 0 aromatic rings. The van der Waals surface area contributed by atoms with Crippen LogP contribution in [-0.2, 0) is 9.53 Å². The monoisotopic (exact) mass is 451 g/mol. The van der Waals surface area contributed by atoms with Crippen LogP contribution in [0.2, 0.25) is 0 Å². The number of likely N-dealkylation sites (tertiary alicyclic amines) is 3. The Labute approximate surface area is 192 Å². The molecule has 0 saturated carbocycles. The molecule has 4 amide bonds. The largest absolute Gasteiger partial charge is 0.444 e. The summed E-state index contributed by atoms with van der Waals surface area (Å²) in [6.07, 6.45) is 4.14. The Hall–Kier alpha value is -2.03. The topological polar surface area (TPSA) is 76.6 Å². The minimum Gasteiger partial charge on any atom is -0.444 e. The molecule has 0 radical (unpaired) electrons. The Bertz CT molecular complexity index is 688. The van der Waals surface area contributed by atoms with E-state index in [0.717, 1.165) is 58.4 Å². The van der Waals surface area contributed by atoms with Crippen molar-refractivity contribution in [2.45, 2.75) is 70.6 Å². The van der Waals surface area contributed by atoms with Crippen molar-refractivity contribution in [3.8, 4) is 0 Å². The molecular weight excluding hydrogens is 410 g/mol. The van der Waals surface area contributed by atoms with Crippen LogP contribution in [0.5, 0.6) is 0 Å². The molecule has 0 unspecified atom stereocenters. The van der Waals surface area contributed by atoms with Crippen molar-refractivity contribution in [1.29, 1.82) is 0 Å². The highest BCUT2D eigenvalue weighted by Gasteiger charge is 2.36. The lowest BCUT2D eigenvalue weighted by Crippen LogP contribution is -2.48. The number of amides is 4. The maximum Gasteiger partial charge on any atom is 0.410 e. The van der Waals surface area contributed by atoms with Gasteiger partial charge in [-0.15, -0.1) is 0 Å². The predicted octanol–water partition coefficient (Wildman–Crippen LogP) is 2.07. The van der Waals surface area contributed by atoms with Gasteiger partial charge in [-0.1, -0.05) is 0 Å². The Morgan fingerprint density at radius 2 is 1.50 bits per heavy atom. The number of hydrogen-bond acceptors (Lipinski definition) is 5. The van der Waals surface area contributed by atoms with Gasteiger partial charge in [0.1, 0.15) is 5.60 Å². The summed E-state index contributed by atoms with van der Waals surface area (Å²) >= 11 is 0. The molecule has 0 aromatic carbocycles. The molecule has 3 saturated heterocycles. The van der Waals surface area contributed by atoms with Gasteiger partial charge < -0.3 is 29.2 Å². The van der Waals surface area contributed by atoms with E-state index in [1.165, 1.54) is 0 Å². The van der Waals surface area contributed by atoms with Crippen LogP contribution in [0.1, 0.15) is 52.9 Å². The fraction of sp³-hybridized carbons (Fsp3) is 0.870. The highest BCUT2D eigenvalue weighted by atomic mass is 16.6. The van der Waals surface area contributed by atoms with E-state index in [2.05, 4.69) is 4.90 Å². The number of carbonyl (C=O) groups is 3. The first kappa shape index (κ1) is 24.6. The van der Waals surface area contributed by atoms with Gasteiger partial charge in [-0.05, 0) is 46.5 Å². The third-order valence-corrected chi connectivity index (χ3v) is 6.86. The maximum absolute atomic E-state index is 13.1. The summed E-state index contributed by atoms with van der Waals surface area (Å²) < 4.78 is 5.46. The summed E-state index contributed by atoms with van der Waals surface area (Å²) in [4.78, 5) is 47.3. The summed E-state index contributed by atoms with van der Waals surface area (Å²) in [7, 11) is 3.62. The van der Waals surface area contributed by atoms with Gasteiger partial charge in [-0.3, -0.25) is 4.79 Å². The molecule has 3 heterocycles. The average Bonchev–Trinajstić information content (AvgIpc) is 3.50. The first-order valence-electron chi connectivity index (χ1n) is 12.0. The van der Waals surface area contributed by atoms with Crippen molar-refractivity contribution in [2.24, 2.45) is 0 Å². The van der Waals surface area contributed by atoms with Crippen molar-refractivity contribution < 1.29 is 19.1 Å². The van der Waals surface area contributed by atoms with Crippen LogP contribution in [0.3, 0.4) is 0 Å². The van der Waals surface area contributed by atoms with Gasteiger partial charge >= 0.3 is 12.1 Å². The number of carbonyl (C=O) groups excluding carboxylic acids is 3. The minimum absolute atomic E-state index is 0.0186. The second-order valence-corrected chi connectivity index (χ2v) is 10.5. The summed E-state index contributed by atoms with van der Waals surface area (Å²) in [5.41, 5.74) is -0.535. The van der Waals surface area contributed by atoms with Gasteiger partial charge in [0.05, 0.1) is 6.04 Å². The van der Waals surface area contributed by atoms with E-state index >= 15 is 0 Å². The highest BCUT2D eigenvalue weighted by Crippen LogP contribution is 2.22. The van der Waals surface area contributed by atoms with Crippen molar-refractivity contribution >= 4 is 18.0 Å². The van der Waals surface area contributed by atoms with E-state index in [9.17, 15) is 14.4 Å². The quantitative estimate of drug-likeness (QED) is 0.640. The number of urea groups is 1. The Morgan fingerprint density at radius 3 is 2.16 bits per heavy atom. The molecule has 3 aliphatic heterocycles. The molecule has 0 spiro atoms. The zero-order chi connectivity index (χ0) is 23.5. The van der Waals surface area contributed by atoms with E-state index in [1.807, 2.05) is 42.5 Å². The molecule has 3 rings (SSSR count).